The summed E-state index contributed by atoms with van der Waals surface area (Å²) < 4.78 is 53.3. The van der Waals surface area contributed by atoms with Crippen molar-refractivity contribution < 1.29 is 17.2 Å². The van der Waals surface area contributed by atoms with E-state index in [2.05, 4.69) is 20.7 Å². The number of halogens is 3. The van der Waals surface area contributed by atoms with Gasteiger partial charge in [0.2, 0.25) is 10.0 Å². The molecule has 0 aliphatic heterocycles. The standard InChI is InChI=1S/C12H14BrF2NO2S/c13-8-12(5-1-2-6-12)16-19(17,18)11-4-3-9(14)7-10(11)15/h3-4,7,16H,1-2,5-6,8H2. The van der Waals surface area contributed by atoms with Crippen LogP contribution in [0.3, 0.4) is 0 Å². The molecule has 0 saturated heterocycles. The first-order valence-corrected chi connectivity index (χ1v) is 8.54. The van der Waals surface area contributed by atoms with Crippen molar-refractivity contribution in [2.45, 2.75) is 36.1 Å². The highest BCUT2D eigenvalue weighted by Crippen LogP contribution is 2.33. The van der Waals surface area contributed by atoms with Crippen molar-refractivity contribution in [3.8, 4) is 0 Å². The molecule has 1 aliphatic rings. The molecule has 1 aliphatic carbocycles. The van der Waals surface area contributed by atoms with Crippen LogP contribution in [0.4, 0.5) is 8.78 Å². The minimum atomic E-state index is -3.98. The van der Waals surface area contributed by atoms with Gasteiger partial charge in [-0.25, -0.2) is 21.9 Å². The molecule has 0 spiro atoms. The zero-order chi connectivity index (χ0) is 14.1. The summed E-state index contributed by atoms with van der Waals surface area (Å²) in [7, 11) is -3.98. The van der Waals surface area contributed by atoms with E-state index in [1.807, 2.05) is 0 Å². The van der Waals surface area contributed by atoms with Gasteiger partial charge in [0.1, 0.15) is 16.5 Å². The molecule has 0 heterocycles. The summed E-state index contributed by atoms with van der Waals surface area (Å²) >= 11 is 3.31. The Labute approximate surface area is 119 Å². The lowest BCUT2D eigenvalue weighted by Gasteiger charge is -2.27. The fourth-order valence-corrected chi connectivity index (χ4v) is 4.75. The third-order valence-electron chi connectivity index (χ3n) is 3.35. The molecule has 0 radical (unpaired) electrons. The van der Waals surface area contributed by atoms with Gasteiger partial charge >= 0.3 is 0 Å². The molecule has 0 atom stereocenters. The average molecular weight is 354 g/mol. The monoisotopic (exact) mass is 353 g/mol. The average Bonchev–Trinajstić information content (AvgIpc) is 2.77. The number of nitrogens with one attached hydrogen (secondary N) is 1. The molecule has 3 nitrogen and oxygen atoms in total. The highest BCUT2D eigenvalue weighted by atomic mass is 79.9. The van der Waals surface area contributed by atoms with Crippen molar-refractivity contribution in [3.05, 3.63) is 29.8 Å². The van der Waals surface area contributed by atoms with Gasteiger partial charge in [-0.3, -0.25) is 0 Å². The van der Waals surface area contributed by atoms with Crippen LogP contribution in [0.15, 0.2) is 23.1 Å². The zero-order valence-electron chi connectivity index (χ0n) is 10.1. The van der Waals surface area contributed by atoms with Gasteiger partial charge in [0.05, 0.1) is 0 Å². The van der Waals surface area contributed by atoms with Crippen LogP contribution in [-0.2, 0) is 10.0 Å². The molecule has 0 unspecified atom stereocenters. The molecule has 0 amide bonds. The second-order valence-electron chi connectivity index (χ2n) is 4.80. The Kier molecular flexibility index (Phi) is 4.27. The van der Waals surface area contributed by atoms with E-state index in [4.69, 9.17) is 0 Å². The first-order chi connectivity index (χ1) is 8.88. The van der Waals surface area contributed by atoms with E-state index in [1.54, 1.807) is 0 Å². The molecule has 7 heteroatoms. The van der Waals surface area contributed by atoms with Crippen molar-refractivity contribution in [2.75, 3.05) is 5.33 Å². The minimum Gasteiger partial charge on any atom is -0.207 e. The summed E-state index contributed by atoms with van der Waals surface area (Å²) in [6.07, 6.45) is 3.28. The number of sulfonamides is 1. The van der Waals surface area contributed by atoms with Crippen LogP contribution in [0.1, 0.15) is 25.7 Å². The summed E-state index contributed by atoms with van der Waals surface area (Å²) in [4.78, 5) is -0.513. The van der Waals surface area contributed by atoms with Gasteiger partial charge in [0.25, 0.3) is 0 Å². The Morgan fingerprint density at radius 1 is 1.26 bits per heavy atom. The molecule has 1 aromatic carbocycles. The Morgan fingerprint density at radius 3 is 2.42 bits per heavy atom. The highest BCUT2D eigenvalue weighted by Gasteiger charge is 2.37. The summed E-state index contributed by atoms with van der Waals surface area (Å²) in [5.41, 5.74) is -0.570. The molecule has 1 fully saturated rings. The molecule has 1 saturated carbocycles. The smallest absolute Gasteiger partial charge is 0.207 e. The molecule has 1 aromatic rings. The third kappa shape index (κ3) is 3.14. The Balaban J connectivity index is 2.32. The predicted molar refractivity (Wildman–Crippen MR) is 71.7 cm³/mol. The van der Waals surface area contributed by atoms with Crippen molar-refractivity contribution in [1.29, 1.82) is 0 Å². The number of rotatable bonds is 4. The Bertz CT molecular complexity index is 571. The third-order valence-corrected chi connectivity index (χ3v) is 6.04. The zero-order valence-corrected chi connectivity index (χ0v) is 12.5. The summed E-state index contributed by atoms with van der Waals surface area (Å²) in [6, 6.07) is 2.46. The molecule has 1 N–H and O–H groups in total. The first kappa shape index (κ1) is 14.9. The fourth-order valence-electron chi connectivity index (χ4n) is 2.35. The molecule has 19 heavy (non-hydrogen) atoms. The molecule has 0 bridgehead atoms. The van der Waals surface area contributed by atoms with Crippen molar-refractivity contribution in [1.82, 2.24) is 4.72 Å². The van der Waals surface area contributed by atoms with Crippen LogP contribution in [0.5, 0.6) is 0 Å². The second-order valence-corrected chi connectivity index (χ2v) is 7.01. The van der Waals surface area contributed by atoms with Gasteiger partial charge in [-0.15, -0.1) is 0 Å². The van der Waals surface area contributed by atoms with Crippen molar-refractivity contribution in [2.24, 2.45) is 0 Å². The summed E-state index contributed by atoms with van der Waals surface area (Å²) in [5, 5.41) is 0.474. The predicted octanol–water partition coefficient (Wildman–Crippen LogP) is 2.95. The molecule has 0 aromatic heterocycles. The lowest BCUT2D eigenvalue weighted by molar-refractivity contribution is 0.435. The van der Waals surface area contributed by atoms with E-state index >= 15 is 0 Å². The minimum absolute atomic E-state index is 0.474. The van der Waals surface area contributed by atoms with Crippen molar-refractivity contribution >= 4 is 26.0 Å². The first-order valence-electron chi connectivity index (χ1n) is 5.94. The Hall–Kier alpha value is -0.530. The molecule has 106 valence electrons. The van der Waals surface area contributed by atoms with Gasteiger partial charge in [0.15, 0.2) is 0 Å². The maximum Gasteiger partial charge on any atom is 0.244 e. The van der Waals surface area contributed by atoms with E-state index in [0.717, 1.165) is 25.0 Å². The van der Waals surface area contributed by atoms with Crippen LogP contribution in [-0.4, -0.2) is 19.3 Å². The van der Waals surface area contributed by atoms with Gasteiger partial charge in [0, 0.05) is 16.9 Å². The summed E-state index contributed by atoms with van der Waals surface area (Å²) in [6.45, 7) is 0. The lowest BCUT2D eigenvalue weighted by Crippen LogP contribution is -2.47. The van der Waals surface area contributed by atoms with Crippen LogP contribution < -0.4 is 4.72 Å². The lowest BCUT2D eigenvalue weighted by atomic mass is 10.0. The van der Waals surface area contributed by atoms with E-state index < -0.39 is 32.1 Å². The van der Waals surface area contributed by atoms with Gasteiger partial charge in [-0.2, -0.15) is 0 Å². The number of hydrogen-bond donors (Lipinski definition) is 1. The van der Waals surface area contributed by atoms with Crippen LogP contribution in [0, 0.1) is 11.6 Å². The normalized spacial score (nSPS) is 18.7. The number of hydrogen-bond acceptors (Lipinski definition) is 2. The maximum absolute atomic E-state index is 13.6. The SMILES string of the molecule is O=S(=O)(NC1(CBr)CCCC1)c1ccc(F)cc1F. The molecular weight excluding hydrogens is 340 g/mol. The van der Waals surface area contributed by atoms with Crippen LogP contribution in [0.2, 0.25) is 0 Å². The van der Waals surface area contributed by atoms with E-state index in [0.29, 0.717) is 24.2 Å². The number of benzene rings is 1. The second kappa shape index (κ2) is 5.46. The van der Waals surface area contributed by atoms with Crippen LogP contribution >= 0.6 is 15.9 Å². The van der Waals surface area contributed by atoms with Crippen molar-refractivity contribution in [3.63, 3.8) is 0 Å². The van der Waals surface area contributed by atoms with Crippen LogP contribution in [0.25, 0.3) is 0 Å². The Morgan fingerprint density at radius 2 is 1.89 bits per heavy atom. The van der Waals surface area contributed by atoms with E-state index in [9.17, 15) is 17.2 Å². The van der Waals surface area contributed by atoms with E-state index in [1.165, 1.54) is 0 Å². The fraction of sp³-hybridized carbons (Fsp3) is 0.500. The van der Waals surface area contributed by atoms with Gasteiger partial charge in [-0.05, 0) is 25.0 Å². The maximum atomic E-state index is 13.6. The van der Waals surface area contributed by atoms with Gasteiger partial charge < -0.3 is 0 Å². The number of alkyl halides is 1. The quantitative estimate of drug-likeness (QED) is 0.845. The molecule has 2 rings (SSSR count). The molecular formula is C12H14BrF2NO2S. The van der Waals surface area contributed by atoms with E-state index in [-0.39, 0.29) is 0 Å². The largest absolute Gasteiger partial charge is 0.244 e. The highest BCUT2D eigenvalue weighted by molar-refractivity contribution is 9.09. The summed E-state index contributed by atoms with van der Waals surface area (Å²) in [5.74, 6) is -1.87. The topological polar surface area (TPSA) is 46.2 Å². The van der Waals surface area contributed by atoms with Gasteiger partial charge in [-0.1, -0.05) is 28.8 Å².